The third-order valence-corrected chi connectivity index (χ3v) is 2.59. The monoisotopic (exact) mass is 281 g/mol. The summed E-state index contributed by atoms with van der Waals surface area (Å²) in [6.45, 7) is 2.85. The van der Waals surface area contributed by atoms with E-state index in [4.69, 9.17) is 5.26 Å². The van der Waals surface area contributed by atoms with Crippen LogP contribution in [0.2, 0.25) is 0 Å². The van der Waals surface area contributed by atoms with Gasteiger partial charge in [-0.3, -0.25) is 4.79 Å². The van der Waals surface area contributed by atoms with Crippen LogP contribution in [-0.4, -0.2) is 12.4 Å². The molecule has 0 N–H and O–H groups in total. The number of ether oxygens (including phenoxy) is 1. The van der Waals surface area contributed by atoms with Crippen LogP contribution in [0.5, 0.6) is 5.75 Å². The molecular weight excluding hydrogens is 264 g/mol. The number of carbonyl (C=O) groups is 1. The molecule has 5 heteroatoms. The van der Waals surface area contributed by atoms with Gasteiger partial charge in [-0.25, -0.2) is 0 Å². The van der Waals surface area contributed by atoms with E-state index in [-0.39, 0.29) is 23.4 Å². The molecule has 0 aliphatic rings. The third-order valence-electron chi connectivity index (χ3n) is 2.59. The highest BCUT2D eigenvalue weighted by atomic mass is 19.3. The predicted molar refractivity (Wildman–Crippen MR) is 70.5 cm³/mol. The van der Waals surface area contributed by atoms with Gasteiger partial charge in [0, 0.05) is 6.42 Å². The summed E-state index contributed by atoms with van der Waals surface area (Å²) in [4.78, 5) is 12.1. The standard InChI is InChI=1S/C15H17F2NO2/c1-15(2,3)8-13(19)12(9-18)10-4-6-11(7-5-10)20-14(16)17/h4-7,12,14H,8H2,1-3H3. The first-order valence-electron chi connectivity index (χ1n) is 6.20. The highest BCUT2D eigenvalue weighted by molar-refractivity contribution is 5.88. The first-order valence-corrected chi connectivity index (χ1v) is 6.20. The van der Waals surface area contributed by atoms with Crippen molar-refractivity contribution >= 4 is 5.78 Å². The third kappa shape index (κ3) is 4.96. The summed E-state index contributed by atoms with van der Waals surface area (Å²) < 4.78 is 28.3. The van der Waals surface area contributed by atoms with E-state index in [1.54, 1.807) is 0 Å². The number of Topliss-reactive ketones (excluding diaryl/α,β-unsaturated/α-hetero) is 1. The van der Waals surface area contributed by atoms with Crippen LogP contribution in [0.3, 0.4) is 0 Å². The fraction of sp³-hybridized carbons (Fsp3) is 0.467. The van der Waals surface area contributed by atoms with Crippen LogP contribution in [0.15, 0.2) is 24.3 Å². The number of hydrogen-bond acceptors (Lipinski definition) is 3. The lowest BCUT2D eigenvalue weighted by Gasteiger charge is -2.19. The minimum absolute atomic E-state index is 0.00344. The predicted octanol–water partition coefficient (Wildman–Crippen LogP) is 3.90. The molecule has 0 heterocycles. The molecule has 0 spiro atoms. The van der Waals surface area contributed by atoms with Crippen molar-refractivity contribution in [3.8, 4) is 11.8 Å². The van der Waals surface area contributed by atoms with E-state index in [0.717, 1.165) is 0 Å². The fourth-order valence-electron chi connectivity index (χ4n) is 1.80. The second kappa shape index (κ2) is 6.47. The summed E-state index contributed by atoms with van der Waals surface area (Å²) in [7, 11) is 0. The molecule has 0 amide bonds. The lowest BCUT2D eigenvalue weighted by Crippen LogP contribution is -2.18. The van der Waals surface area contributed by atoms with E-state index < -0.39 is 12.5 Å². The molecule has 0 saturated heterocycles. The van der Waals surface area contributed by atoms with E-state index in [2.05, 4.69) is 4.74 Å². The number of benzene rings is 1. The quantitative estimate of drug-likeness (QED) is 0.822. The number of hydrogen-bond donors (Lipinski definition) is 0. The SMILES string of the molecule is CC(C)(C)CC(=O)C(C#N)c1ccc(OC(F)F)cc1. The van der Waals surface area contributed by atoms with Gasteiger partial charge < -0.3 is 4.74 Å². The zero-order chi connectivity index (χ0) is 15.3. The average molecular weight is 281 g/mol. The topological polar surface area (TPSA) is 50.1 Å². The van der Waals surface area contributed by atoms with Gasteiger partial charge in [0.1, 0.15) is 11.7 Å². The van der Waals surface area contributed by atoms with Crippen molar-refractivity contribution < 1.29 is 18.3 Å². The van der Waals surface area contributed by atoms with Crippen molar-refractivity contribution in [3.63, 3.8) is 0 Å². The molecule has 1 unspecified atom stereocenters. The Balaban J connectivity index is 2.86. The van der Waals surface area contributed by atoms with Gasteiger partial charge in [0.25, 0.3) is 0 Å². The number of carbonyl (C=O) groups excluding carboxylic acids is 1. The number of nitriles is 1. The number of alkyl halides is 2. The highest BCUT2D eigenvalue weighted by Crippen LogP contribution is 2.27. The molecule has 0 fully saturated rings. The van der Waals surface area contributed by atoms with Crippen LogP contribution in [0, 0.1) is 16.7 Å². The Labute approximate surface area is 117 Å². The lowest BCUT2D eigenvalue weighted by atomic mass is 9.84. The van der Waals surface area contributed by atoms with Crippen molar-refractivity contribution in [1.82, 2.24) is 0 Å². The highest BCUT2D eigenvalue weighted by Gasteiger charge is 2.25. The molecule has 1 rings (SSSR count). The van der Waals surface area contributed by atoms with Crippen LogP contribution >= 0.6 is 0 Å². The van der Waals surface area contributed by atoms with Crippen molar-refractivity contribution in [2.75, 3.05) is 0 Å². The Kier molecular flexibility index (Phi) is 5.20. The molecule has 0 aliphatic heterocycles. The molecule has 108 valence electrons. The van der Waals surface area contributed by atoms with Gasteiger partial charge in [-0.2, -0.15) is 14.0 Å². The van der Waals surface area contributed by atoms with Gasteiger partial charge in [-0.15, -0.1) is 0 Å². The Morgan fingerprint density at radius 3 is 2.25 bits per heavy atom. The van der Waals surface area contributed by atoms with E-state index >= 15 is 0 Å². The summed E-state index contributed by atoms with van der Waals surface area (Å²) in [6.07, 6.45) is 0.278. The number of ketones is 1. The van der Waals surface area contributed by atoms with Gasteiger partial charge >= 0.3 is 6.61 Å². The summed E-state index contributed by atoms with van der Waals surface area (Å²) in [5.74, 6) is -1.05. The molecule has 1 aromatic carbocycles. The normalized spacial score (nSPS) is 12.8. The number of halogens is 2. The van der Waals surface area contributed by atoms with Gasteiger partial charge in [0.05, 0.1) is 6.07 Å². The molecule has 20 heavy (non-hydrogen) atoms. The van der Waals surface area contributed by atoms with E-state index in [1.165, 1.54) is 24.3 Å². The molecule has 1 aromatic rings. The average Bonchev–Trinajstić information content (AvgIpc) is 2.29. The maximum absolute atomic E-state index is 12.1. The maximum atomic E-state index is 12.1. The molecular formula is C15H17F2NO2. The Bertz CT molecular complexity index is 498. The van der Waals surface area contributed by atoms with Crippen molar-refractivity contribution in [2.45, 2.75) is 39.7 Å². The minimum atomic E-state index is -2.89. The van der Waals surface area contributed by atoms with E-state index in [9.17, 15) is 13.6 Å². The molecule has 0 radical (unpaired) electrons. The zero-order valence-corrected chi connectivity index (χ0v) is 11.7. The lowest BCUT2D eigenvalue weighted by molar-refractivity contribution is -0.121. The molecule has 1 atom stereocenters. The van der Waals surface area contributed by atoms with Gasteiger partial charge in [0.2, 0.25) is 0 Å². The molecule has 3 nitrogen and oxygen atoms in total. The number of rotatable bonds is 5. The van der Waals surface area contributed by atoms with E-state index in [1.807, 2.05) is 26.8 Å². The Morgan fingerprint density at radius 2 is 1.85 bits per heavy atom. The first kappa shape index (κ1) is 16.1. The van der Waals surface area contributed by atoms with Crippen LogP contribution < -0.4 is 4.74 Å². The molecule has 0 bridgehead atoms. The Hall–Kier alpha value is -1.96. The second-order valence-corrected chi connectivity index (χ2v) is 5.71. The first-order chi connectivity index (χ1) is 9.23. The van der Waals surface area contributed by atoms with Crippen molar-refractivity contribution in [3.05, 3.63) is 29.8 Å². The van der Waals surface area contributed by atoms with Crippen LogP contribution in [-0.2, 0) is 4.79 Å². The molecule has 0 aromatic heterocycles. The van der Waals surface area contributed by atoms with Gasteiger partial charge in [0.15, 0.2) is 5.78 Å². The largest absolute Gasteiger partial charge is 0.435 e. The second-order valence-electron chi connectivity index (χ2n) is 5.71. The smallest absolute Gasteiger partial charge is 0.387 e. The molecule has 0 aliphatic carbocycles. The van der Waals surface area contributed by atoms with Gasteiger partial charge in [-0.1, -0.05) is 32.9 Å². The number of nitrogens with zero attached hydrogens (tertiary/aromatic N) is 1. The summed E-state index contributed by atoms with van der Waals surface area (Å²) >= 11 is 0. The maximum Gasteiger partial charge on any atom is 0.387 e. The van der Waals surface area contributed by atoms with E-state index in [0.29, 0.717) is 5.56 Å². The zero-order valence-electron chi connectivity index (χ0n) is 11.7. The van der Waals surface area contributed by atoms with Crippen LogP contribution in [0.1, 0.15) is 38.7 Å². The van der Waals surface area contributed by atoms with Crippen molar-refractivity contribution in [2.24, 2.45) is 5.41 Å². The molecule has 0 saturated carbocycles. The van der Waals surface area contributed by atoms with Crippen molar-refractivity contribution in [1.29, 1.82) is 5.26 Å². The fourth-order valence-corrected chi connectivity index (χ4v) is 1.80. The summed E-state index contributed by atoms with van der Waals surface area (Å²) in [5, 5.41) is 9.14. The minimum Gasteiger partial charge on any atom is -0.435 e. The van der Waals surface area contributed by atoms with Crippen LogP contribution in [0.4, 0.5) is 8.78 Å². The Morgan fingerprint density at radius 1 is 1.30 bits per heavy atom. The summed E-state index contributed by atoms with van der Waals surface area (Å²) in [5.41, 5.74) is 0.286. The van der Waals surface area contributed by atoms with Gasteiger partial charge in [-0.05, 0) is 23.1 Å². The summed E-state index contributed by atoms with van der Waals surface area (Å²) in [6, 6.07) is 7.55. The van der Waals surface area contributed by atoms with Crippen LogP contribution in [0.25, 0.3) is 0 Å².